The lowest BCUT2D eigenvalue weighted by molar-refractivity contribution is -0.122. The Morgan fingerprint density at radius 1 is 1.43 bits per heavy atom. The van der Waals surface area contributed by atoms with E-state index < -0.39 is 27.5 Å². The first-order valence-electron chi connectivity index (χ1n) is 6.92. The Hall–Kier alpha value is -2.49. The predicted molar refractivity (Wildman–Crippen MR) is 79.2 cm³/mol. The Morgan fingerprint density at radius 3 is 2.91 bits per heavy atom. The van der Waals surface area contributed by atoms with E-state index in [2.05, 4.69) is 20.0 Å². The fraction of sp³-hybridized carbons (Fsp3) is 0.385. The van der Waals surface area contributed by atoms with Gasteiger partial charge in [-0.15, -0.1) is 0 Å². The maximum atomic E-state index is 12.1. The van der Waals surface area contributed by atoms with Gasteiger partial charge in [0.2, 0.25) is 11.7 Å². The fourth-order valence-electron chi connectivity index (χ4n) is 2.41. The van der Waals surface area contributed by atoms with Crippen LogP contribution in [0.15, 0.2) is 33.7 Å². The van der Waals surface area contributed by atoms with Crippen LogP contribution >= 0.6 is 0 Å². The van der Waals surface area contributed by atoms with E-state index in [1.807, 2.05) is 0 Å². The first-order valence-corrected chi connectivity index (χ1v) is 8.74. The topological polar surface area (TPSA) is 124 Å². The predicted octanol–water partition coefficient (Wildman–Crippen LogP) is -0.798. The van der Waals surface area contributed by atoms with E-state index in [4.69, 9.17) is 0 Å². The number of nitrogens with zero attached hydrogens (tertiary/aromatic N) is 3. The highest BCUT2D eigenvalue weighted by Gasteiger charge is 2.29. The number of aromatic nitrogens is 3. The van der Waals surface area contributed by atoms with Crippen molar-refractivity contribution in [2.45, 2.75) is 19.0 Å². The molecule has 122 valence electrons. The smallest absolute Gasteiger partial charge is 0.351 e. The van der Waals surface area contributed by atoms with Crippen LogP contribution in [0.2, 0.25) is 0 Å². The van der Waals surface area contributed by atoms with Crippen molar-refractivity contribution in [3.8, 4) is 11.5 Å². The first kappa shape index (κ1) is 15.4. The minimum atomic E-state index is -3.09. The van der Waals surface area contributed by atoms with E-state index in [0.29, 0.717) is 12.1 Å². The average Bonchev–Trinajstić information content (AvgIpc) is 3.03. The van der Waals surface area contributed by atoms with Crippen molar-refractivity contribution >= 4 is 15.7 Å². The summed E-state index contributed by atoms with van der Waals surface area (Å²) in [6.45, 7) is -0.315. The van der Waals surface area contributed by atoms with Crippen LogP contribution in [0, 0.1) is 0 Å². The van der Waals surface area contributed by atoms with Crippen molar-refractivity contribution in [3.63, 3.8) is 0 Å². The van der Waals surface area contributed by atoms with Crippen LogP contribution in [0.3, 0.4) is 0 Å². The molecule has 0 unspecified atom stereocenters. The highest BCUT2D eigenvalue weighted by atomic mass is 32.2. The summed E-state index contributed by atoms with van der Waals surface area (Å²) in [4.78, 5) is 27.8. The first-order chi connectivity index (χ1) is 10.9. The molecule has 0 aliphatic carbocycles. The summed E-state index contributed by atoms with van der Waals surface area (Å²) in [5.74, 6) is -1.13. The highest BCUT2D eigenvalue weighted by molar-refractivity contribution is 7.91. The van der Waals surface area contributed by atoms with E-state index in [1.54, 1.807) is 18.2 Å². The third-order valence-electron chi connectivity index (χ3n) is 3.48. The van der Waals surface area contributed by atoms with E-state index in [-0.39, 0.29) is 23.9 Å². The fourth-order valence-corrected chi connectivity index (χ4v) is 4.09. The molecule has 0 radical (unpaired) electrons. The van der Waals surface area contributed by atoms with Crippen molar-refractivity contribution in [2.75, 3.05) is 11.5 Å². The zero-order chi connectivity index (χ0) is 16.4. The molecule has 1 aliphatic rings. The second-order valence-corrected chi connectivity index (χ2v) is 7.47. The summed E-state index contributed by atoms with van der Waals surface area (Å²) in [5, 5.41) is 6.24. The van der Waals surface area contributed by atoms with Gasteiger partial charge in [0.1, 0.15) is 12.2 Å². The molecule has 1 aliphatic heterocycles. The lowest BCUT2D eigenvalue weighted by Crippen LogP contribution is -2.39. The van der Waals surface area contributed by atoms with Crippen molar-refractivity contribution in [1.29, 1.82) is 0 Å². The Labute approximate surface area is 131 Å². The lowest BCUT2D eigenvalue weighted by atomic mass is 10.2. The zero-order valence-corrected chi connectivity index (χ0v) is 12.8. The van der Waals surface area contributed by atoms with Crippen LogP contribution in [0.5, 0.6) is 0 Å². The molecule has 2 aromatic rings. The van der Waals surface area contributed by atoms with Gasteiger partial charge in [0.25, 0.3) is 0 Å². The molecule has 1 N–H and O–H groups in total. The van der Waals surface area contributed by atoms with Crippen molar-refractivity contribution < 1.29 is 17.7 Å². The Bertz CT molecular complexity index is 871. The summed E-state index contributed by atoms with van der Waals surface area (Å²) in [7, 11) is -3.09. The molecule has 23 heavy (non-hydrogen) atoms. The molecular weight excluding hydrogens is 324 g/mol. The molecule has 2 aromatic heterocycles. The van der Waals surface area contributed by atoms with Gasteiger partial charge in [0.05, 0.1) is 11.5 Å². The molecular formula is C13H14N4O5S. The number of rotatable bonds is 4. The normalized spacial score (nSPS) is 19.6. The summed E-state index contributed by atoms with van der Waals surface area (Å²) in [6.07, 6.45) is 1.90. The molecule has 0 spiro atoms. The van der Waals surface area contributed by atoms with Crippen LogP contribution in [0.4, 0.5) is 0 Å². The highest BCUT2D eigenvalue weighted by Crippen LogP contribution is 2.13. The van der Waals surface area contributed by atoms with Crippen LogP contribution in [-0.4, -0.2) is 46.6 Å². The molecule has 3 heterocycles. The van der Waals surface area contributed by atoms with Crippen molar-refractivity contribution in [2.24, 2.45) is 0 Å². The standard InChI is InChI=1S/C13H14N4O5S/c18-11(15-9-4-6-23(20,21)8-9)7-17-12(16-22-13(17)19)10-3-1-2-5-14-10/h1-3,5,9H,4,6-8H2,(H,15,18)/t9-/m1/s1. The van der Waals surface area contributed by atoms with Crippen LogP contribution in [0.25, 0.3) is 11.5 Å². The molecule has 0 saturated carbocycles. The van der Waals surface area contributed by atoms with E-state index >= 15 is 0 Å². The number of amides is 1. The second-order valence-electron chi connectivity index (χ2n) is 5.24. The molecule has 0 aromatic carbocycles. The largest absolute Gasteiger partial charge is 0.442 e. The van der Waals surface area contributed by atoms with E-state index in [1.165, 1.54) is 6.20 Å². The molecule has 0 bridgehead atoms. The summed E-state index contributed by atoms with van der Waals surface area (Å²) >= 11 is 0. The zero-order valence-electron chi connectivity index (χ0n) is 12.0. The number of hydrogen-bond acceptors (Lipinski definition) is 7. The third kappa shape index (κ3) is 3.47. The molecule has 1 fully saturated rings. The summed E-state index contributed by atoms with van der Waals surface area (Å²) in [5.41, 5.74) is 0.398. The molecule has 1 saturated heterocycles. The quantitative estimate of drug-likeness (QED) is 0.774. The Morgan fingerprint density at radius 2 is 2.26 bits per heavy atom. The third-order valence-corrected chi connectivity index (χ3v) is 5.25. The molecule has 1 amide bonds. The second kappa shape index (κ2) is 5.95. The molecule has 1 atom stereocenters. The van der Waals surface area contributed by atoms with Gasteiger partial charge in [0, 0.05) is 12.2 Å². The number of pyridine rings is 1. The number of carbonyl (C=O) groups is 1. The van der Waals surface area contributed by atoms with Crippen LogP contribution in [0.1, 0.15) is 6.42 Å². The minimum Gasteiger partial charge on any atom is -0.351 e. The maximum Gasteiger partial charge on any atom is 0.442 e. The van der Waals surface area contributed by atoms with E-state index in [9.17, 15) is 18.0 Å². The van der Waals surface area contributed by atoms with Gasteiger partial charge in [-0.05, 0) is 18.6 Å². The van der Waals surface area contributed by atoms with Gasteiger partial charge in [-0.2, -0.15) is 0 Å². The Kier molecular flexibility index (Phi) is 3.99. The average molecular weight is 338 g/mol. The van der Waals surface area contributed by atoms with Crippen molar-refractivity contribution in [1.82, 2.24) is 20.0 Å². The van der Waals surface area contributed by atoms with Gasteiger partial charge < -0.3 is 5.32 Å². The minimum absolute atomic E-state index is 0.0599. The number of nitrogens with one attached hydrogen (secondary N) is 1. The summed E-state index contributed by atoms with van der Waals surface area (Å²) in [6, 6.07) is 4.63. The summed E-state index contributed by atoms with van der Waals surface area (Å²) < 4.78 is 28.4. The lowest BCUT2D eigenvalue weighted by Gasteiger charge is -2.11. The van der Waals surface area contributed by atoms with Gasteiger partial charge in [0.15, 0.2) is 9.84 Å². The van der Waals surface area contributed by atoms with Crippen LogP contribution < -0.4 is 11.1 Å². The number of hydrogen-bond donors (Lipinski definition) is 1. The number of carbonyl (C=O) groups excluding carboxylic acids is 1. The van der Waals surface area contributed by atoms with Crippen LogP contribution in [-0.2, 0) is 21.2 Å². The molecule has 9 nitrogen and oxygen atoms in total. The molecule has 3 rings (SSSR count). The molecule has 10 heteroatoms. The Balaban J connectivity index is 1.75. The number of sulfone groups is 1. The SMILES string of the molecule is O=C(Cn1c(-c2ccccn2)noc1=O)N[C@@H]1CCS(=O)(=O)C1. The van der Waals surface area contributed by atoms with Crippen molar-refractivity contribution in [3.05, 3.63) is 34.9 Å². The van der Waals surface area contributed by atoms with Gasteiger partial charge in [-0.25, -0.2) is 17.8 Å². The van der Waals surface area contributed by atoms with E-state index in [0.717, 1.165) is 4.57 Å². The van der Waals surface area contributed by atoms with Gasteiger partial charge in [-0.3, -0.25) is 14.3 Å². The van der Waals surface area contributed by atoms with Gasteiger partial charge in [-0.1, -0.05) is 11.2 Å². The maximum absolute atomic E-state index is 12.1. The van der Waals surface area contributed by atoms with Gasteiger partial charge >= 0.3 is 5.76 Å². The monoisotopic (exact) mass is 338 g/mol.